The fraction of sp³-hybridized carbons (Fsp3) is 0.190. The first-order chi connectivity index (χ1) is 13.2. The summed E-state index contributed by atoms with van der Waals surface area (Å²) in [6.07, 6.45) is 0.674. The lowest BCUT2D eigenvalue weighted by atomic mass is 10.2. The third-order valence-corrected chi connectivity index (χ3v) is 4.13. The molecule has 0 unspecified atom stereocenters. The SMILES string of the molecule is CCOC(=O)c1ccc(Oc2nc(CC)nc3c2oc2ccccc23)cc1. The van der Waals surface area contributed by atoms with Crippen molar-refractivity contribution in [1.82, 2.24) is 9.97 Å². The van der Waals surface area contributed by atoms with Crippen LogP contribution in [0, 0.1) is 0 Å². The number of hydrogen-bond donors (Lipinski definition) is 0. The van der Waals surface area contributed by atoms with Crippen LogP contribution in [0.1, 0.15) is 30.0 Å². The lowest BCUT2D eigenvalue weighted by molar-refractivity contribution is 0.0526. The molecule has 6 nitrogen and oxygen atoms in total. The van der Waals surface area contributed by atoms with E-state index in [0.717, 1.165) is 16.5 Å². The summed E-state index contributed by atoms with van der Waals surface area (Å²) in [5, 5.41) is 0.923. The third-order valence-electron chi connectivity index (χ3n) is 4.13. The van der Waals surface area contributed by atoms with Crippen molar-refractivity contribution < 1.29 is 18.7 Å². The lowest BCUT2D eigenvalue weighted by Crippen LogP contribution is -2.04. The Hall–Kier alpha value is -3.41. The van der Waals surface area contributed by atoms with Crippen LogP contribution < -0.4 is 4.74 Å². The van der Waals surface area contributed by atoms with Crippen molar-refractivity contribution in [3.8, 4) is 11.6 Å². The highest BCUT2D eigenvalue weighted by molar-refractivity contribution is 6.03. The van der Waals surface area contributed by atoms with Gasteiger partial charge in [-0.2, -0.15) is 4.98 Å². The van der Waals surface area contributed by atoms with Crippen LogP contribution in [-0.2, 0) is 11.2 Å². The molecule has 0 aliphatic heterocycles. The molecular formula is C21H18N2O4. The van der Waals surface area contributed by atoms with Crippen LogP contribution in [0.2, 0.25) is 0 Å². The molecular weight excluding hydrogens is 344 g/mol. The first-order valence-electron chi connectivity index (χ1n) is 8.82. The molecule has 4 rings (SSSR count). The van der Waals surface area contributed by atoms with Gasteiger partial charge in [-0.25, -0.2) is 9.78 Å². The molecule has 0 fully saturated rings. The molecule has 0 atom stereocenters. The molecule has 0 amide bonds. The molecule has 6 heteroatoms. The minimum absolute atomic E-state index is 0.335. The highest BCUT2D eigenvalue weighted by Crippen LogP contribution is 2.34. The van der Waals surface area contributed by atoms with Gasteiger partial charge >= 0.3 is 5.97 Å². The summed E-state index contributed by atoms with van der Waals surface area (Å²) in [7, 11) is 0. The predicted octanol–water partition coefficient (Wildman–Crippen LogP) is 4.91. The van der Waals surface area contributed by atoms with Gasteiger partial charge in [-0.3, -0.25) is 0 Å². The average molecular weight is 362 g/mol. The standard InChI is InChI=1S/C21H18N2O4/c1-3-17-22-18-15-7-5-6-8-16(15)27-19(18)20(23-17)26-14-11-9-13(10-12-14)21(24)25-4-2/h5-12H,3-4H2,1-2H3. The number of aromatic nitrogens is 2. The summed E-state index contributed by atoms with van der Waals surface area (Å²) in [4.78, 5) is 20.8. The average Bonchev–Trinajstić information content (AvgIpc) is 3.07. The summed E-state index contributed by atoms with van der Waals surface area (Å²) in [5.74, 6) is 1.22. The van der Waals surface area contributed by atoms with Crippen molar-refractivity contribution in [2.24, 2.45) is 0 Å². The maximum absolute atomic E-state index is 11.8. The minimum atomic E-state index is -0.362. The number of benzene rings is 2. The van der Waals surface area contributed by atoms with Gasteiger partial charge in [-0.05, 0) is 43.3 Å². The molecule has 0 N–H and O–H groups in total. The number of nitrogens with zero attached hydrogens (tertiary/aromatic N) is 2. The van der Waals surface area contributed by atoms with Crippen LogP contribution in [0.4, 0.5) is 0 Å². The van der Waals surface area contributed by atoms with Gasteiger partial charge in [-0.1, -0.05) is 19.1 Å². The number of para-hydroxylation sites is 1. The number of fused-ring (bicyclic) bond motifs is 3. The number of ether oxygens (including phenoxy) is 2. The van der Waals surface area contributed by atoms with Crippen molar-refractivity contribution in [3.63, 3.8) is 0 Å². The van der Waals surface area contributed by atoms with E-state index < -0.39 is 0 Å². The van der Waals surface area contributed by atoms with Crippen LogP contribution >= 0.6 is 0 Å². The van der Waals surface area contributed by atoms with Gasteiger partial charge in [0.15, 0.2) is 0 Å². The predicted molar refractivity (Wildman–Crippen MR) is 101 cm³/mol. The van der Waals surface area contributed by atoms with Crippen molar-refractivity contribution in [2.75, 3.05) is 6.61 Å². The summed E-state index contributed by atoms with van der Waals surface area (Å²) in [6.45, 7) is 4.09. The molecule has 2 aromatic carbocycles. The Labute approximate surface area is 155 Å². The second kappa shape index (κ2) is 7.07. The zero-order valence-electron chi connectivity index (χ0n) is 15.1. The fourth-order valence-corrected chi connectivity index (χ4v) is 2.82. The molecule has 2 heterocycles. The molecule has 0 saturated carbocycles. The number of rotatable bonds is 5. The Morgan fingerprint density at radius 1 is 1.04 bits per heavy atom. The summed E-state index contributed by atoms with van der Waals surface area (Å²) in [5.41, 5.74) is 2.44. The van der Waals surface area contributed by atoms with Gasteiger partial charge < -0.3 is 13.9 Å². The molecule has 0 radical (unpaired) electrons. The first kappa shape index (κ1) is 17.0. The van der Waals surface area contributed by atoms with Crippen molar-refractivity contribution >= 4 is 28.0 Å². The quantitative estimate of drug-likeness (QED) is 0.470. The van der Waals surface area contributed by atoms with Gasteiger partial charge in [0, 0.05) is 11.8 Å². The third kappa shape index (κ3) is 3.21. The highest BCUT2D eigenvalue weighted by atomic mass is 16.5. The molecule has 0 saturated heterocycles. The Morgan fingerprint density at radius 3 is 2.56 bits per heavy atom. The molecule has 0 aliphatic carbocycles. The van der Waals surface area contributed by atoms with Crippen LogP contribution in [0.25, 0.3) is 22.1 Å². The molecule has 0 spiro atoms. The summed E-state index contributed by atoms with van der Waals surface area (Å²) in [6, 6.07) is 14.4. The van der Waals surface area contributed by atoms with E-state index in [9.17, 15) is 4.79 Å². The Bertz CT molecular complexity index is 1120. The number of carbonyl (C=O) groups is 1. The van der Waals surface area contributed by atoms with Gasteiger partial charge in [0.25, 0.3) is 5.88 Å². The fourth-order valence-electron chi connectivity index (χ4n) is 2.82. The maximum atomic E-state index is 11.8. The zero-order valence-corrected chi connectivity index (χ0v) is 15.1. The van der Waals surface area contributed by atoms with Gasteiger partial charge in [0.1, 0.15) is 22.7 Å². The van der Waals surface area contributed by atoms with Crippen molar-refractivity contribution in [2.45, 2.75) is 20.3 Å². The maximum Gasteiger partial charge on any atom is 0.338 e. The monoisotopic (exact) mass is 362 g/mol. The van der Waals surface area contributed by atoms with E-state index in [4.69, 9.17) is 13.9 Å². The smallest absolute Gasteiger partial charge is 0.338 e. The normalized spacial score (nSPS) is 11.0. The van der Waals surface area contributed by atoms with E-state index in [1.54, 1.807) is 31.2 Å². The van der Waals surface area contributed by atoms with E-state index in [-0.39, 0.29) is 5.97 Å². The largest absolute Gasteiger partial charge is 0.462 e. The molecule has 27 heavy (non-hydrogen) atoms. The van der Waals surface area contributed by atoms with Crippen LogP contribution in [0.15, 0.2) is 52.9 Å². The van der Waals surface area contributed by atoms with E-state index in [1.807, 2.05) is 31.2 Å². The minimum Gasteiger partial charge on any atom is -0.462 e. The molecule has 136 valence electrons. The second-order valence-electron chi connectivity index (χ2n) is 5.92. The number of esters is 1. The van der Waals surface area contributed by atoms with Crippen LogP contribution in [0.5, 0.6) is 11.6 Å². The number of aryl methyl sites for hydroxylation is 1. The second-order valence-corrected chi connectivity index (χ2v) is 5.92. The van der Waals surface area contributed by atoms with Crippen molar-refractivity contribution in [3.05, 3.63) is 59.9 Å². The Morgan fingerprint density at radius 2 is 1.81 bits per heavy atom. The molecule has 0 bridgehead atoms. The van der Waals surface area contributed by atoms with E-state index >= 15 is 0 Å². The van der Waals surface area contributed by atoms with E-state index in [0.29, 0.717) is 41.6 Å². The topological polar surface area (TPSA) is 74.5 Å². The number of hydrogen-bond acceptors (Lipinski definition) is 6. The summed E-state index contributed by atoms with van der Waals surface area (Å²) >= 11 is 0. The Balaban J connectivity index is 1.74. The number of furan rings is 1. The van der Waals surface area contributed by atoms with Gasteiger partial charge in [0.2, 0.25) is 5.58 Å². The van der Waals surface area contributed by atoms with Gasteiger partial charge in [-0.15, -0.1) is 0 Å². The first-order valence-corrected chi connectivity index (χ1v) is 8.82. The van der Waals surface area contributed by atoms with Crippen LogP contribution in [0.3, 0.4) is 0 Å². The zero-order chi connectivity index (χ0) is 18.8. The van der Waals surface area contributed by atoms with Gasteiger partial charge in [0.05, 0.1) is 12.2 Å². The lowest BCUT2D eigenvalue weighted by Gasteiger charge is -2.07. The van der Waals surface area contributed by atoms with Crippen molar-refractivity contribution in [1.29, 1.82) is 0 Å². The molecule has 4 aromatic rings. The number of carbonyl (C=O) groups excluding carboxylic acids is 1. The van der Waals surface area contributed by atoms with E-state index in [1.165, 1.54) is 0 Å². The Kier molecular flexibility index (Phi) is 4.46. The van der Waals surface area contributed by atoms with Crippen LogP contribution in [-0.4, -0.2) is 22.5 Å². The van der Waals surface area contributed by atoms with E-state index in [2.05, 4.69) is 9.97 Å². The highest BCUT2D eigenvalue weighted by Gasteiger charge is 2.17. The molecule has 0 aliphatic rings. The molecule has 2 aromatic heterocycles. The summed E-state index contributed by atoms with van der Waals surface area (Å²) < 4.78 is 16.9.